The van der Waals surface area contributed by atoms with Gasteiger partial charge in [-0.15, -0.1) is 11.3 Å². The van der Waals surface area contributed by atoms with Crippen LogP contribution in [0.1, 0.15) is 72.7 Å². The lowest BCUT2D eigenvalue weighted by atomic mass is 9.61. The average Bonchev–Trinajstić information content (AvgIpc) is 3.31. The summed E-state index contributed by atoms with van der Waals surface area (Å²) in [7, 11) is -3.68. The fourth-order valence-corrected chi connectivity index (χ4v) is 7.82. The number of carbonyl (C=O) groups is 1. The summed E-state index contributed by atoms with van der Waals surface area (Å²) in [6, 6.07) is 6.57. The zero-order valence-corrected chi connectivity index (χ0v) is 28.0. The van der Waals surface area contributed by atoms with Crippen molar-refractivity contribution in [2.75, 3.05) is 28.9 Å². The molecule has 2 aliphatic rings. The molecule has 0 bridgehead atoms. The van der Waals surface area contributed by atoms with Gasteiger partial charge in [-0.3, -0.25) is 4.72 Å². The molecule has 1 saturated carbocycles. The van der Waals surface area contributed by atoms with E-state index in [-0.39, 0.29) is 40.0 Å². The third kappa shape index (κ3) is 6.98. The Kier molecular flexibility index (Phi) is 8.43. The van der Waals surface area contributed by atoms with E-state index in [0.29, 0.717) is 41.7 Å². The van der Waals surface area contributed by atoms with Crippen molar-refractivity contribution in [2.45, 2.75) is 84.8 Å². The predicted octanol–water partition coefficient (Wildman–Crippen LogP) is 6.67. The summed E-state index contributed by atoms with van der Waals surface area (Å²) >= 11 is 1.43. The van der Waals surface area contributed by atoms with Crippen LogP contribution >= 0.6 is 11.3 Å². The second kappa shape index (κ2) is 11.6. The molecule has 2 N–H and O–H groups in total. The van der Waals surface area contributed by atoms with E-state index < -0.39 is 21.4 Å². The minimum absolute atomic E-state index is 0.0970. The first kappa shape index (κ1) is 32.1. The van der Waals surface area contributed by atoms with E-state index in [1.807, 2.05) is 41.5 Å². The number of benzene rings is 1. The molecule has 1 aromatic carbocycles. The number of nitrogens with one attached hydrogen (secondary N) is 2. The van der Waals surface area contributed by atoms with Gasteiger partial charge in [-0.05, 0) is 58.2 Å². The van der Waals surface area contributed by atoms with E-state index >= 15 is 4.39 Å². The summed E-state index contributed by atoms with van der Waals surface area (Å²) < 4.78 is 48.5. The largest absolute Gasteiger partial charge is 0.444 e. The number of halogens is 1. The van der Waals surface area contributed by atoms with Crippen LogP contribution in [0.25, 0.3) is 21.8 Å². The second-order valence-corrected chi connectivity index (χ2v) is 16.7. The maximum absolute atomic E-state index is 15.9. The van der Waals surface area contributed by atoms with Crippen LogP contribution in [-0.2, 0) is 20.2 Å². The van der Waals surface area contributed by atoms with Crippen LogP contribution < -0.4 is 10.0 Å². The molecule has 10 nitrogen and oxygen atoms in total. The number of aromatic nitrogens is 3. The lowest BCUT2D eigenvalue weighted by Gasteiger charge is -2.58. The van der Waals surface area contributed by atoms with Crippen molar-refractivity contribution in [3.05, 3.63) is 41.3 Å². The van der Waals surface area contributed by atoms with E-state index in [2.05, 4.69) is 15.0 Å². The Bertz CT molecular complexity index is 1650. The van der Waals surface area contributed by atoms with Crippen molar-refractivity contribution in [1.82, 2.24) is 19.9 Å². The topological polar surface area (TPSA) is 126 Å². The normalized spacial score (nSPS) is 16.8. The zero-order chi connectivity index (χ0) is 32.1. The monoisotopic (exact) mass is 644 g/mol. The molecule has 2 fully saturated rings. The third-order valence-corrected chi connectivity index (χ3v) is 10.5. The molecule has 0 atom stereocenters. The van der Waals surface area contributed by atoms with Crippen molar-refractivity contribution < 1.29 is 22.3 Å². The summed E-state index contributed by atoms with van der Waals surface area (Å²) in [6.45, 7) is 14.8. The molecular weight excluding hydrogens is 604 g/mol. The minimum Gasteiger partial charge on any atom is -0.444 e. The number of anilines is 2. The first-order chi connectivity index (χ1) is 20.5. The lowest BCUT2D eigenvalue weighted by molar-refractivity contribution is -0.0739. The third-order valence-electron chi connectivity index (χ3n) is 7.55. The van der Waals surface area contributed by atoms with Crippen molar-refractivity contribution in [2.24, 2.45) is 5.41 Å². The van der Waals surface area contributed by atoms with Crippen LogP contribution in [0.5, 0.6) is 0 Å². The van der Waals surface area contributed by atoms with Crippen LogP contribution in [0.3, 0.4) is 0 Å². The zero-order valence-electron chi connectivity index (χ0n) is 26.3. The molecule has 1 saturated heterocycles. The highest BCUT2D eigenvalue weighted by molar-refractivity contribution is 7.92. The Hall–Kier alpha value is -3.32. The van der Waals surface area contributed by atoms with Crippen molar-refractivity contribution in [3.63, 3.8) is 0 Å². The van der Waals surface area contributed by atoms with Gasteiger partial charge in [0.05, 0.1) is 32.7 Å². The quantitative estimate of drug-likeness (QED) is 0.279. The maximum atomic E-state index is 15.9. The molecule has 1 amide bonds. The Labute approximate surface area is 262 Å². The number of amides is 1. The first-order valence-corrected chi connectivity index (χ1v) is 17.3. The molecule has 2 aromatic heterocycles. The molecule has 3 aromatic rings. The van der Waals surface area contributed by atoms with Crippen LogP contribution in [0, 0.1) is 11.2 Å². The summed E-state index contributed by atoms with van der Waals surface area (Å²) in [5.41, 5.74) is 0.347. The van der Waals surface area contributed by atoms with Gasteiger partial charge in [0.25, 0.3) is 0 Å². The SMILES string of the molecule is CCCS(=O)(=O)Nc1cccc(-c2nc(C(C)(C)C)sc2-c2ccnc(NC3CC4(C3)CN(C(=O)OC(C)(C)C)C4)n2)c1F. The molecular formula is C31H41FN6O4S2. The molecule has 0 radical (unpaired) electrons. The second-order valence-electron chi connectivity index (χ2n) is 13.9. The van der Waals surface area contributed by atoms with Gasteiger partial charge in [0.1, 0.15) is 5.60 Å². The minimum atomic E-state index is -3.68. The van der Waals surface area contributed by atoms with Gasteiger partial charge in [0.2, 0.25) is 16.0 Å². The van der Waals surface area contributed by atoms with Crippen LogP contribution in [0.4, 0.5) is 20.8 Å². The Morgan fingerprint density at radius 3 is 2.48 bits per heavy atom. The number of rotatable bonds is 8. The number of hydrogen-bond acceptors (Lipinski definition) is 9. The number of ether oxygens (including phenoxy) is 1. The van der Waals surface area contributed by atoms with E-state index in [1.54, 1.807) is 36.2 Å². The number of thiazole rings is 1. The van der Waals surface area contributed by atoms with Gasteiger partial charge >= 0.3 is 6.09 Å². The summed E-state index contributed by atoms with van der Waals surface area (Å²) in [5, 5.41) is 4.22. The lowest BCUT2D eigenvalue weighted by Crippen LogP contribution is -2.66. The summed E-state index contributed by atoms with van der Waals surface area (Å²) in [6.07, 6.45) is 3.60. The Balaban J connectivity index is 1.35. The first-order valence-electron chi connectivity index (χ1n) is 14.9. The van der Waals surface area contributed by atoms with Gasteiger partial charge in [0, 0.05) is 41.7 Å². The van der Waals surface area contributed by atoms with Crippen molar-refractivity contribution >= 4 is 39.1 Å². The van der Waals surface area contributed by atoms with Crippen molar-refractivity contribution in [3.8, 4) is 21.8 Å². The maximum Gasteiger partial charge on any atom is 0.410 e. The van der Waals surface area contributed by atoms with Crippen molar-refractivity contribution in [1.29, 1.82) is 0 Å². The van der Waals surface area contributed by atoms with Crippen LogP contribution in [0.15, 0.2) is 30.5 Å². The molecule has 0 unspecified atom stereocenters. The Morgan fingerprint density at radius 2 is 1.84 bits per heavy atom. The molecule has 1 aliphatic heterocycles. The fourth-order valence-electron chi connectivity index (χ4n) is 5.58. The Morgan fingerprint density at radius 1 is 1.14 bits per heavy atom. The van der Waals surface area contributed by atoms with Gasteiger partial charge in [-0.25, -0.2) is 32.6 Å². The van der Waals surface area contributed by atoms with Gasteiger partial charge < -0.3 is 15.0 Å². The number of nitrogens with zero attached hydrogens (tertiary/aromatic N) is 4. The van der Waals surface area contributed by atoms with Gasteiger partial charge in [0.15, 0.2) is 5.82 Å². The highest BCUT2D eigenvalue weighted by Gasteiger charge is 2.54. The molecule has 5 rings (SSSR count). The molecule has 13 heteroatoms. The molecule has 3 heterocycles. The van der Waals surface area contributed by atoms with Crippen LogP contribution in [-0.4, -0.2) is 64.8 Å². The highest BCUT2D eigenvalue weighted by atomic mass is 32.2. The predicted molar refractivity (Wildman–Crippen MR) is 172 cm³/mol. The summed E-state index contributed by atoms with van der Waals surface area (Å²) in [4.78, 5) is 28.8. The number of carbonyl (C=O) groups excluding carboxylic acids is 1. The molecule has 1 aliphatic carbocycles. The van der Waals surface area contributed by atoms with Gasteiger partial charge in [-0.1, -0.05) is 33.8 Å². The fraction of sp³-hybridized carbons (Fsp3) is 0.548. The van der Waals surface area contributed by atoms with Crippen LogP contribution in [0.2, 0.25) is 0 Å². The average molecular weight is 645 g/mol. The van der Waals surface area contributed by atoms with E-state index in [4.69, 9.17) is 14.7 Å². The van der Waals surface area contributed by atoms with E-state index in [9.17, 15) is 13.2 Å². The summed E-state index contributed by atoms with van der Waals surface area (Å²) in [5.74, 6) is -0.329. The van der Waals surface area contributed by atoms with Gasteiger partial charge in [-0.2, -0.15) is 0 Å². The molecule has 44 heavy (non-hydrogen) atoms. The number of hydrogen-bond donors (Lipinski definition) is 2. The standard InChI is InChI=1S/C31H41FN6O4S2/c1-8-14-44(40,41)37-21-11-9-10-20(23(21)32)24-25(43-26(36-24)29(2,3)4)22-12-13-33-27(35-22)34-19-15-31(16-19)17-38(18-31)28(39)42-30(5,6)7/h9-13,19,37H,8,14-18H2,1-7H3,(H,33,34,35). The number of likely N-dealkylation sites (tertiary alicyclic amines) is 1. The number of sulfonamides is 1. The van der Waals surface area contributed by atoms with E-state index in [1.165, 1.54) is 17.4 Å². The molecule has 1 spiro atoms. The van der Waals surface area contributed by atoms with E-state index in [0.717, 1.165) is 17.8 Å². The smallest absolute Gasteiger partial charge is 0.410 e. The highest BCUT2D eigenvalue weighted by Crippen LogP contribution is 2.49. The molecule has 238 valence electrons.